The van der Waals surface area contributed by atoms with E-state index in [0.717, 1.165) is 0 Å². The molecule has 0 saturated heterocycles. The third-order valence-electron chi connectivity index (χ3n) is 0. The minimum atomic E-state index is -0.417. The first kappa shape index (κ1) is 22.5. The summed E-state index contributed by atoms with van der Waals surface area (Å²) in [5.74, 6) is 0. The van der Waals surface area contributed by atoms with Gasteiger partial charge in [-0.15, -0.1) is 0 Å². The molecule has 0 spiro atoms. The fourth-order valence-electron chi connectivity index (χ4n) is 0. The molecule has 0 fully saturated rings. The van der Waals surface area contributed by atoms with Crippen LogP contribution in [0.3, 0.4) is 0 Å². The fraction of sp³-hybridized carbons (Fsp3) is 0. The van der Waals surface area contributed by atoms with Crippen molar-refractivity contribution >= 4 is 24.4 Å². The van der Waals surface area contributed by atoms with Gasteiger partial charge in [0, 0.05) is 0 Å². The van der Waals surface area contributed by atoms with Crippen LogP contribution in [-0.2, 0) is 0 Å². The number of halogens is 3. The van der Waals surface area contributed by atoms with Crippen molar-refractivity contribution < 1.29 is 61.9 Å². The standard InChI is InChI=1S/3ClO2.Sb/c3*2-1-3;/q3*-1;+3. The van der Waals surface area contributed by atoms with Gasteiger partial charge in [0.1, 0.15) is 0 Å². The Labute approximate surface area is 86.1 Å². The summed E-state index contributed by atoms with van der Waals surface area (Å²) in [6.45, 7) is 0. The Bertz CT molecular complexity index is 17.7. The van der Waals surface area contributed by atoms with Gasteiger partial charge in [-0.3, -0.25) is 0 Å². The molecule has 0 aliphatic carbocycles. The van der Waals surface area contributed by atoms with Gasteiger partial charge in [-0.05, 0) is 0 Å². The average molecular weight is 324 g/mol. The van der Waals surface area contributed by atoms with Gasteiger partial charge >= 0.3 is 24.4 Å². The molecule has 0 saturated carbocycles. The van der Waals surface area contributed by atoms with E-state index in [2.05, 4.69) is 0 Å². The van der Waals surface area contributed by atoms with Gasteiger partial charge in [0.15, 0.2) is 0 Å². The molecule has 2 radical (unpaired) electrons. The van der Waals surface area contributed by atoms with E-state index < -0.39 is 34.0 Å². The van der Waals surface area contributed by atoms with Crippen molar-refractivity contribution in [2.75, 3.05) is 0 Å². The summed E-state index contributed by atoms with van der Waals surface area (Å²) in [6.07, 6.45) is 0. The summed E-state index contributed by atoms with van der Waals surface area (Å²) >= 11 is -1.25. The van der Waals surface area contributed by atoms with Crippen LogP contribution in [0.25, 0.3) is 0 Å². The molecule has 0 rings (SSSR count). The van der Waals surface area contributed by atoms with Crippen molar-refractivity contribution in [3.8, 4) is 0 Å². The van der Waals surface area contributed by atoms with E-state index in [4.69, 9.17) is 28.0 Å². The molecule has 0 unspecified atom stereocenters. The van der Waals surface area contributed by atoms with Gasteiger partial charge in [0.2, 0.25) is 0 Å². The zero-order valence-corrected chi connectivity index (χ0v) is 8.85. The molecule has 0 aliphatic rings. The zero-order valence-electron chi connectivity index (χ0n) is 4.03. The molecule has 0 aromatic heterocycles. The molecule has 0 N–H and O–H groups in total. The molecule has 0 bridgehead atoms. The summed E-state index contributed by atoms with van der Waals surface area (Å²) in [5, 5.41) is 0. The monoisotopic (exact) mass is 322 g/mol. The Balaban J connectivity index is -0.0000000257. The van der Waals surface area contributed by atoms with Crippen LogP contribution in [0.4, 0.5) is 0 Å². The Hall–Kier alpha value is 1.45. The van der Waals surface area contributed by atoms with Gasteiger partial charge in [-0.25, -0.2) is 0 Å². The van der Waals surface area contributed by atoms with E-state index in [1.54, 1.807) is 0 Å². The van der Waals surface area contributed by atoms with Crippen molar-refractivity contribution in [1.29, 1.82) is 0 Å². The van der Waals surface area contributed by atoms with Gasteiger partial charge < -0.3 is 28.0 Å². The van der Waals surface area contributed by atoms with E-state index >= 15 is 0 Å². The van der Waals surface area contributed by atoms with Crippen LogP contribution in [0.1, 0.15) is 0 Å². The van der Waals surface area contributed by atoms with Gasteiger partial charge in [0.05, 0.1) is 34.0 Å². The van der Waals surface area contributed by atoms with Crippen LogP contribution < -0.4 is 28.0 Å². The molecule has 0 aromatic carbocycles. The molecule has 6 nitrogen and oxygen atoms in total. The summed E-state index contributed by atoms with van der Waals surface area (Å²) < 4.78 is 49.4. The van der Waals surface area contributed by atoms with Crippen LogP contribution in [0.15, 0.2) is 0 Å². The molecule has 0 atom stereocenters. The first-order valence-electron chi connectivity index (χ1n) is 0.926. The summed E-state index contributed by atoms with van der Waals surface area (Å²) in [5.41, 5.74) is 0. The van der Waals surface area contributed by atoms with Crippen LogP contribution in [-0.4, -0.2) is 24.4 Å². The smallest absolute Gasteiger partial charge is 0.544 e. The molecule has 10 heteroatoms. The Morgan fingerprint density at radius 1 is 0.500 bits per heavy atom. The van der Waals surface area contributed by atoms with Crippen LogP contribution in [0.5, 0.6) is 0 Å². The average Bonchev–Trinajstić information content (AvgIpc) is 1.70. The third-order valence-corrected chi connectivity index (χ3v) is 0. The van der Waals surface area contributed by atoms with Crippen molar-refractivity contribution in [2.45, 2.75) is 0 Å². The second-order valence-corrected chi connectivity index (χ2v) is 0.567. The molecular formula is Cl3O6Sb. The Morgan fingerprint density at radius 2 is 0.500 bits per heavy atom. The zero-order chi connectivity index (χ0) is 8.12. The Morgan fingerprint density at radius 3 is 0.500 bits per heavy atom. The summed E-state index contributed by atoms with van der Waals surface area (Å²) in [7, 11) is 0. The van der Waals surface area contributed by atoms with Crippen LogP contribution >= 0.6 is 0 Å². The van der Waals surface area contributed by atoms with E-state index in [1.807, 2.05) is 0 Å². The number of hydrogen-bond acceptors (Lipinski definition) is 6. The minimum Gasteiger partial charge on any atom is -0.544 e. The molecule has 0 amide bonds. The third kappa shape index (κ3) is 322. The van der Waals surface area contributed by atoms with Gasteiger partial charge in [-0.1, -0.05) is 0 Å². The summed E-state index contributed by atoms with van der Waals surface area (Å²) in [4.78, 5) is 0. The summed E-state index contributed by atoms with van der Waals surface area (Å²) in [6, 6.07) is 0. The van der Waals surface area contributed by atoms with E-state index in [-0.39, 0.29) is 24.4 Å². The van der Waals surface area contributed by atoms with Crippen molar-refractivity contribution in [3.05, 3.63) is 0 Å². The van der Waals surface area contributed by atoms with Gasteiger partial charge in [0.25, 0.3) is 0 Å². The predicted octanol–water partition coefficient (Wildman–Crippen LogP) is -7.51. The van der Waals surface area contributed by atoms with Gasteiger partial charge in [-0.2, -0.15) is 0 Å². The quantitative estimate of drug-likeness (QED) is 0.406. The van der Waals surface area contributed by atoms with Crippen LogP contribution in [0, 0.1) is 34.0 Å². The van der Waals surface area contributed by atoms with E-state index in [9.17, 15) is 0 Å². The number of hydrogen-bond donors (Lipinski definition) is 0. The van der Waals surface area contributed by atoms with Crippen molar-refractivity contribution in [2.24, 2.45) is 0 Å². The van der Waals surface area contributed by atoms with E-state index in [0.29, 0.717) is 0 Å². The predicted molar refractivity (Wildman–Crippen MR) is 5.75 cm³/mol. The minimum absolute atomic E-state index is 0. The topological polar surface area (TPSA) is 138 Å². The van der Waals surface area contributed by atoms with Crippen molar-refractivity contribution in [3.63, 3.8) is 0 Å². The first-order chi connectivity index (χ1) is 4.24. The second kappa shape index (κ2) is 47.1. The van der Waals surface area contributed by atoms with E-state index in [1.165, 1.54) is 0 Å². The molecular weight excluding hydrogens is 324 g/mol. The Kier molecular flexibility index (Phi) is 106. The second-order valence-electron chi connectivity index (χ2n) is 0.189. The van der Waals surface area contributed by atoms with Crippen LogP contribution in [0.2, 0.25) is 0 Å². The maximum Gasteiger partial charge on any atom is 3.00 e. The van der Waals surface area contributed by atoms with Crippen molar-refractivity contribution in [1.82, 2.24) is 0 Å². The number of rotatable bonds is 0. The largest absolute Gasteiger partial charge is 3.00 e. The maximum absolute atomic E-state index is 8.24. The SMILES string of the molecule is [O-][Cl+][O-].[O-][Cl+][O-].[O-][Cl+][O-].[Sb+3]. The molecule has 10 heavy (non-hydrogen) atoms. The normalized spacial score (nSPS) is 5.40. The fourth-order valence-corrected chi connectivity index (χ4v) is 0. The first-order valence-corrected chi connectivity index (χ1v) is 2.78. The molecule has 0 aromatic rings. The molecule has 62 valence electrons. The maximum atomic E-state index is 8.24. The molecule has 0 heterocycles. The molecule has 0 aliphatic heterocycles.